The van der Waals surface area contributed by atoms with Gasteiger partial charge in [-0.3, -0.25) is 14.5 Å². The number of halogens is 2. The zero-order valence-corrected chi connectivity index (χ0v) is 15.5. The van der Waals surface area contributed by atoms with Gasteiger partial charge in [-0.1, -0.05) is 36.2 Å². The fourth-order valence-electron chi connectivity index (χ4n) is 2.57. The van der Waals surface area contributed by atoms with E-state index in [1.165, 1.54) is 0 Å². The van der Waals surface area contributed by atoms with E-state index in [9.17, 15) is 9.59 Å². The maximum atomic E-state index is 12.6. The molecule has 0 saturated carbocycles. The molecule has 1 saturated heterocycles. The highest BCUT2D eigenvalue weighted by atomic mass is 35.5. The van der Waals surface area contributed by atoms with Gasteiger partial charge in [0.25, 0.3) is 5.91 Å². The van der Waals surface area contributed by atoms with Crippen LogP contribution in [0.4, 0.5) is 0 Å². The highest BCUT2D eigenvalue weighted by molar-refractivity contribution is 6.43. The maximum absolute atomic E-state index is 12.6. The summed E-state index contributed by atoms with van der Waals surface area (Å²) in [5.41, 5.74) is 0.423. The third-order valence-corrected chi connectivity index (χ3v) is 5.05. The third-order valence-electron chi connectivity index (χ3n) is 4.23. The number of amides is 2. The van der Waals surface area contributed by atoms with Crippen LogP contribution in [0.2, 0.25) is 10.0 Å². The maximum Gasteiger partial charge on any atom is 0.255 e. The molecule has 0 radical (unpaired) electrons. The lowest BCUT2D eigenvalue weighted by molar-refractivity contribution is -0.123. The Hall–Kier alpha value is -1.30. The zero-order valence-electron chi connectivity index (χ0n) is 14.0. The van der Waals surface area contributed by atoms with E-state index in [0.29, 0.717) is 48.3 Å². The molecule has 132 valence electrons. The first kappa shape index (κ1) is 19.0. The molecule has 2 amide bonds. The van der Waals surface area contributed by atoms with Gasteiger partial charge in [0, 0.05) is 32.2 Å². The van der Waals surface area contributed by atoms with Gasteiger partial charge in [-0.15, -0.1) is 0 Å². The zero-order chi connectivity index (χ0) is 17.7. The van der Waals surface area contributed by atoms with Crippen LogP contribution >= 0.6 is 23.2 Å². The molecule has 1 heterocycles. The Morgan fingerprint density at radius 2 is 1.88 bits per heavy atom. The smallest absolute Gasteiger partial charge is 0.255 e. The van der Waals surface area contributed by atoms with Gasteiger partial charge in [0.1, 0.15) is 0 Å². The molecule has 1 aromatic rings. The van der Waals surface area contributed by atoms with Crippen molar-refractivity contribution in [1.29, 1.82) is 0 Å². The Labute approximate surface area is 152 Å². The Morgan fingerprint density at radius 1 is 1.21 bits per heavy atom. The molecule has 1 N–H and O–H groups in total. The first-order valence-corrected chi connectivity index (χ1v) is 8.93. The molecule has 1 unspecified atom stereocenters. The van der Waals surface area contributed by atoms with Crippen molar-refractivity contribution < 1.29 is 9.59 Å². The number of hydrogen-bond donors (Lipinski definition) is 1. The fourth-order valence-corrected chi connectivity index (χ4v) is 2.96. The minimum absolute atomic E-state index is 0.0296. The van der Waals surface area contributed by atoms with E-state index in [0.717, 1.165) is 6.42 Å². The highest BCUT2D eigenvalue weighted by Gasteiger charge is 2.25. The molecular weight excluding hydrogens is 349 g/mol. The third kappa shape index (κ3) is 4.85. The molecule has 0 spiro atoms. The van der Waals surface area contributed by atoms with E-state index < -0.39 is 0 Å². The standard InChI is InChI=1S/C17H23Cl2N3O2/c1-3-12(2)20-15(23)11-21-7-9-22(10-8-21)17(24)13-5-4-6-14(18)16(13)19/h4-6,12H,3,7-11H2,1-2H3,(H,20,23). The van der Waals surface area contributed by atoms with Gasteiger partial charge in [-0.05, 0) is 25.5 Å². The molecule has 0 aromatic heterocycles. The predicted molar refractivity (Wildman–Crippen MR) is 96.7 cm³/mol. The van der Waals surface area contributed by atoms with Gasteiger partial charge in [-0.2, -0.15) is 0 Å². The predicted octanol–water partition coefficient (Wildman–Crippen LogP) is 2.67. The second-order valence-corrected chi connectivity index (χ2v) is 6.83. The van der Waals surface area contributed by atoms with Crippen molar-refractivity contribution in [2.75, 3.05) is 32.7 Å². The van der Waals surface area contributed by atoms with E-state index >= 15 is 0 Å². The molecule has 1 aliphatic heterocycles. The second-order valence-electron chi connectivity index (χ2n) is 6.05. The van der Waals surface area contributed by atoms with Gasteiger partial charge >= 0.3 is 0 Å². The van der Waals surface area contributed by atoms with Crippen LogP contribution in [0, 0.1) is 0 Å². The molecule has 1 fully saturated rings. The second kappa shape index (κ2) is 8.70. The molecule has 24 heavy (non-hydrogen) atoms. The summed E-state index contributed by atoms with van der Waals surface area (Å²) < 4.78 is 0. The quantitative estimate of drug-likeness (QED) is 0.865. The molecule has 0 bridgehead atoms. The summed E-state index contributed by atoms with van der Waals surface area (Å²) in [7, 11) is 0. The first-order valence-electron chi connectivity index (χ1n) is 8.17. The largest absolute Gasteiger partial charge is 0.353 e. The number of hydrogen-bond acceptors (Lipinski definition) is 3. The van der Waals surface area contributed by atoms with Crippen LogP contribution in [0.1, 0.15) is 30.6 Å². The van der Waals surface area contributed by atoms with Crippen molar-refractivity contribution in [1.82, 2.24) is 15.1 Å². The van der Waals surface area contributed by atoms with E-state index in [2.05, 4.69) is 10.2 Å². The molecule has 2 rings (SSSR count). The average molecular weight is 372 g/mol. The van der Waals surface area contributed by atoms with Crippen LogP contribution in [-0.2, 0) is 4.79 Å². The van der Waals surface area contributed by atoms with Crippen molar-refractivity contribution in [2.45, 2.75) is 26.3 Å². The number of piperazine rings is 1. The minimum atomic E-state index is -0.119. The van der Waals surface area contributed by atoms with Crippen LogP contribution in [0.25, 0.3) is 0 Å². The Morgan fingerprint density at radius 3 is 2.50 bits per heavy atom. The number of carbonyl (C=O) groups excluding carboxylic acids is 2. The summed E-state index contributed by atoms with van der Waals surface area (Å²) >= 11 is 12.1. The van der Waals surface area contributed by atoms with E-state index in [1.807, 2.05) is 13.8 Å². The van der Waals surface area contributed by atoms with Gasteiger partial charge in [0.2, 0.25) is 5.91 Å². The van der Waals surface area contributed by atoms with Crippen LogP contribution in [-0.4, -0.2) is 60.4 Å². The first-order chi connectivity index (χ1) is 11.4. The van der Waals surface area contributed by atoms with Gasteiger partial charge < -0.3 is 10.2 Å². The average Bonchev–Trinajstić information content (AvgIpc) is 2.57. The van der Waals surface area contributed by atoms with Crippen molar-refractivity contribution >= 4 is 35.0 Å². The summed E-state index contributed by atoms with van der Waals surface area (Å²) in [6.45, 7) is 6.86. The number of benzene rings is 1. The number of nitrogens with zero attached hydrogens (tertiary/aromatic N) is 2. The molecule has 1 aromatic carbocycles. The summed E-state index contributed by atoms with van der Waals surface area (Å²) in [4.78, 5) is 28.3. The fraction of sp³-hybridized carbons (Fsp3) is 0.529. The molecule has 7 heteroatoms. The lowest BCUT2D eigenvalue weighted by atomic mass is 10.1. The van der Waals surface area contributed by atoms with Crippen molar-refractivity contribution in [3.63, 3.8) is 0 Å². The lowest BCUT2D eigenvalue weighted by Gasteiger charge is -2.34. The lowest BCUT2D eigenvalue weighted by Crippen LogP contribution is -2.51. The van der Waals surface area contributed by atoms with Crippen LogP contribution in [0.5, 0.6) is 0 Å². The Kier molecular flexibility index (Phi) is 6.90. The number of nitrogens with one attached hydrogen (secondary N) is 1. The summed E-state index contributed by atoms with van der Waals surface area (Å²) in [5.74, 6) is -0.0896. The summed E-state index contributed by atoms with van der Waals surface area (Å²) in [5, 5.41) is 3.63. The Balaban J connectivity index is 1.87. The summed E-state index contributed by atoms with van der Waals surface area (Å²) in [6.07, 6.45) is 0.911. The molecule has 1 atom stereocenters. The molecule has 0 aliphatic carbocycles. The molecule has 5 nitrogen and oxygen atoms in total. The monoisotopic (exact) mass is 371 g/mol. The normalized spacial score (nSPS) is 16.8. The minimum Gasteiger partial charge on any atom is -0.353 e. The van der Waals surface area contributed by atoms with Crippen molar-refractivity contribution in [3.05, 3.63) is 33.8 Å². The van der Waals surface area contributed by atoms with Crippen LogP contribution < -0.4 is 5.32 Å². The number of rotatable bonds is 5. The highest BCUT2D eigenvalue weighted by Crippen LogP contribution is 2.26. The van der Waals surface area contributed by atoms with E-state index in [1.54, 1.807) is 23.1 Å². The van der Waals surface area contributed by atoms with Crippen molar-refractivity contribution in [3.8, 4) is 0 Å². The van der Waals surface area contributed by atoms with E-state index in [-0.39, 0.29) is 17.9 Å². The van der Waals surface area contributed by atoms with Gasteiger partial charge in [0.15, 0.2) is 0 Å². The molecule has 1 aliphatic rings. The van der Waals surface area contributed by atoms with Crippen LogP contribution in [0.15, 0.2) is 18.2 Å². The van der Waals surface area contributed by atoms with Crippen molar-refractivity contribution in [2.24, 2.45) is 0 Å². The van der Waals surface area contributed by atoms with Gasteiger partial charge in [-0.25, -0.2) is 0 Å². The topological polar surface area (TPSA) is 52.7 Å². The van der Waals surface area contributed by atoms with Crippen LogP contribution in [0.3, 0.4) is 0 Å². The Bertz CT molecular complexity index is 601. The number of carbonyl (C=O) groups is 2. The van der Waals surface area contributed by atoms with E-state index in [4.69, 9.17) is 23.2 Å². The van der Waals surface area contributed by atoms with Gasteiger partial charge in [0.05, 0.1) is 22.2 Å². The SMILES string of the molecule is CCC(C)NC(=O)CN1CCN(C(=O)c2cccc(Cl)c2Cl)CC1. The summed E-state index contributed by atoms with van der Waals surface area (Å²) in [6, 6.07) is 5.25. The molecular formula is C17H23Cl2N3O2.